The predicted molar refractivity (Wildman–Crippen MR) is 136 cm³/mol. The summed E-state index contributed by atoms with van der Waals surface area (Å²) in [4.78, 5) is 17.5. The van der Waals surface area contributed by atoms with E-state index in [0.29, 0.717) is 16.2 Å². The molecule has 0 aliphatic heterocycles. The summed E-state index contributed by atoms with van der Waals surface area (Å²) in [5.41, 5.74) is 0.0967. The van der Waals surface area contributed by atoms with Gasteiger partial charge in [0.1, 0.15) is 11.4 Å². The number of nitrogens with zero attached hydrogens (tertiary/aromatic N) is 1. The van der Waals surface area contributed by atoms with Crippen molar-refractivity contribution >= 4 is 28.6 Å². The Bertz CT molecular complexity index is 1180. The molecule has 0 bridgehead atoms. The van der Waals surface area contributed by atoms with Crippen LogP contribution in [0.2, 0.25) is 0 Å². The molecule has 0 saturated carbocycles. The van der Waals surface area contributed by atoms with E-state index in [9.17, 15) is 22.4 Å². The number of nitrogens with one attached hydrogen (secondary N) is 2. The van der Waals surface area contributed by atoms with Gasteiger partial charge in [-0.25, -0.2) is 9.18 Å². The van der Waals surface area contributed by atoms with Crippen molar-refractivity contribution in [3.63, 3.8) is 0 Å². The monoisotopic (exact) mass is 599 g/mol. The third-order valence-corrected chi connectivity index (χ3v) is 6.31. The summed E-state index contributed by atoms with van der Waals surface area (Å²) in [5.74, 6) is -1.06. The first-order valence-corrected chi connectivity index (χ1v) is 12.5. The van der Waals surface area contributed by atoms with Gasteiger partial charge in [-0.05, 0) is 61.7 Å². The molecular formula is C26H26F4IN3O. The molecule has 0 unspecified atom stereocenters. The normalized spacial score (nSPS) is 13.4. The molecule has 0 fully saturated rings. The second-order valence-corrected chi connectivity index (χ2v) is 9.50. The van der Waals surface area contributed by atoms with Crippen LogP contribution in [0.25, 0.3) is 0 Å². The number of urea groups is 1. The molecule has 0 spiro atoms. The molecule has 0 radical (unpaired) electrons. The van der Waals surface area contributed by atoms with Gasteiger partial charge in [0.25, 0.3) is 0 Å². The molecule has 9 heteroatoms. The summed E-state index contributed by atoms with van der Waals surface area (Å²) in [6.45, 7) is 5.42. The molecule has 3 rings (SSSR count). The van der Waals surface area contributed by atoms with Crippen LogP contribution >= 0.6 is 22.6 Å². The summed E-state index contributed by atoms with van der Waals surface area (Å²) in [7, 11) is 0. The van der Waals surface area contributed by atoms with Gasteiger partial charge < -0.3 is 10.6 Å². The first-order valence-electron chi connectivity index (χ1n) is 11.0. The van der Waals surface area contributed by atoms with Gasteiger partial charge in [0.05, 0.1) is 11.3 Å². The number of hydrogen-bond donors (Lipinski definition) is 2. The van der Waals surface area contributed by atoms with Crippen LogP contribution in [0.3, 0.4) is 0 Å². The highest BCUT2D eigenvalue weighted by molar-refractivity contribution is 14.1. The van der Waals surface area contributed by atoms with Crippen LogP contribution in [0, 0.1) is 12.7 Å². The van der Waals surface area contributed by atoms with Crippen LogP contribution in [-0.2, 0) is 22.6 Å². The first kappa shape index (κ1) is 26.9. The number of rotatable bonds is 7. The Kier molecular flexibility index (Phi) is 8.40. The summed E-state index contributed by atoms with van der Waals surface area (Å²) >= 11 is 2.18. The lowest BCUT2D eigenvalue weighted by molar-refractivity contribution is -0.137. The molecule has 35 heavy (non-hydrogen) atoms. The summed E-state index contributed by atoms with van der Waals surface area (Å²) in [6.07, 6.45) is -3.11. The van der Waals surface area contributed by atoms with Gasteiger partial charge in [-0.15, -0.1) is 0 Å². The van der Waals surface area contributed by atoms with Crippen LogP contribution in [0.4, 0.5) is 22.4 Å². The quantitative estimate of drug-likeness (QED) is 0.181. The number of alkyl halides is 4. The molecule has 1 heterocycles. The van der Waals surface area contributed by atoms with Gasteiger partial charge in [0.2, 0.25) is 0 Å². The fraction of sp³-hybridized carbons (Fsp3) is 0.308. The largest absolute Gasteiger partial charge is 0.416 e. The molecule has 0 aliphatic rings. The predicted octanol–water partition coefficient (Wildman–Crippen LogP) is 6.68. The van der Waals surface area contributed by atoms with Crippen LogP contribution in [0.5, 0.6) is 0 Å². The summed E-state index contributed by atoms with van der Waals surface area (Å²) in [6, 6.07) is 12.4. The molecule has 2 N–H and O–H groups in total. The standard InChI is InChI=1S/C26H26F4IN3O/c1-16(2)33-24(35)34-25(13-18-6-4-5-17(3)9-18,23-8-7-19(14-31)15-32-23)20-10-21(26(28,29)30)12-22(27)11-20/h4-12,15-16H,13-14H2,1-3H3,(H2,33,34,35)/t25-/m1/s1. The van der Waals surface area contributed by atoms with Crippen LogP contribution in [0.15, 0.2) is 60.8 Å². The molecule has 4 nitrogen and oxygen atoms in total. The number of benzene rings is 2. The Morgan fingerprint density at radius 3 is 2.31 bits per heavy atom. The van der Waals surface area contributed by atoms with E-state index in [1.54, 1.807) is 32.2 Å². The molecule has 1 aromatic heterocycles. The second-order valence-electron chi connectivity index (χ2n) is 8.74. The summed E-state index contributed by atoms with van der Waals surface area (Å²) < 4.78 is 56.3. The van der Waals surface area contributed by atoms with Crippen molar-refractivity contribution in [2.45, 2.75) is 49.4 Å². The third-order valence-electron chi connectivity index (χ3n) is 5.43. The van der Waals surface area contributed by atoms with Crippen LogP contribution < -0.4 is 10.6 Å². The zero-order valence-electron chi connectivity index (χ0n) is 19.5. The lowest BCUT2D eigenvalue weighted by Gasteiger charge is -2.36. The highest BCUT2D eigenvalue weighted by Gasteiger charge is 2.41. The number of pyridine rings is 1. The van der Waals surface area contributed by atoms with Gasteiger partial charge in [-0.2, -0.15) is 13.2 Å². The number of carbonyl (C=O) groups is 1. The fourth-order valence-electron chi connectivity index (χ4n) is 3.90. The van der Waals surface area contributed by atoms with E-state index in [1.165, 1.54) is 0 Å². The average molecular weight is 599 g/mol. The van der Waals surface area contributed by atoms with E-state index >= 15 is 0 Å². The van der Waals surface area contributed by atoms with Crippen molar-refractivity contribution < 1.29 is 22.4 Å². The zero-order valence-corrected chi connectivity index (χ0v) is 21.7. The highest BCUT2D eigenvalue weighted by Crippen LogP contribution is 2.38. The Morgan fingerprint density at radius 1 is 1.03 bits per heavy atom. The van der Waals surface area contributed by atoms with Crippen molar-refractivity contribution in [2.24, 2.45) is 0 Å². The van der Waals surface area contributed by atoms with E-state index in [0.717, 1.165) is 28.8 Å². The van der Waals surface area contributed by atoms with Gasteiger partial charge in [0, 0.05) is 23.1 Å². The van der Waals surface area contributed by atoms with Crippen LogP contribution in [0.1, 0.15) is 47.4 Å². The number of carbonyl (C=O) groups excluding carboxylic acids is 1. The van der Waals surface area contributed by atoms with E-state index < -0.39 is 29.1 Å². The number of aromatic nitrogens is 1. The zero-order chi connectivity index (χ0) is 25.8. The van der Waals surface area contributed by atoms with Crippen molar-refractivity contribution in [3.8, 4) is 0 Å². The van der Waals surface area contributed by atoms with Crippen molar-refractivity contribution in [2.75, 3.05) is 0 Å². The Hall–Kier alpha value is -2.69. The van der Waals surface area contributed by atoms with E-state index in [1.807, 2.05) is 31.2 Å². The first-order chi connectivity index (χ1) is 16.4. The van der Waals surface area contributed by atoms with Crippen molar-refractivity contribution in [3.05, 3.63) is 100 Å². The lowest BCUT2D eigenvalue weighted by atomic mass is 9.79. The molecule has 1 atom stereocenters. The smallest absolute Gasteiger partial charge is 0.336 e. The average Bonchev–Trinajstić information content (AvgIpc) is 2.77. The maximum Gasteiger partial charge on any atom is 0.416 e. The van der Waals surface area contributed by atoms with Gasteiger partial charge >= 0.3 is 12.2 Å². The molecule has 0 aliphatic carbocycles. The SMILES string of the molecule is Cc1cccc(C[C@@](NC(=O)NC(C)C)(c2cc(F)cc(C(F)(F)F)c2)c2ccc(CI)cn2)c1. The Morgan fingerprint density at radius 2 is 1.74 bits per heavy atom. The fourth-order valence-corrected chi connectivity index (χ4v) is 4.35. The van der Waals surface area contributed by atoms with Crippen LogP contribution in [-0.4, -0.2) is 17.1 Å². The Balaban J connectivity index is 2.31. The van der Waals surface area contributed by atoms with Gasteiger partial charge in [-0.3, -0.25) is 4.98 Å². The lowest BCUT2D eigenvalue weighted by Crippen LogP contribution is -2.53. The highest BCUT2D eigenvalue weighted by atomic mass is 127. The van der Waals surface area contributed by atoms with Crippen molar-refractivity contribution in [1.82, 2.24) is 15.6 Å². The topological polar surface area (TPSA) is 54.0 Å². The third kappa shape index (κ3) is 6.71. The second kappa shape index (κ2) is 10.9. The van der Waals surface area contributed by atoms with E-state index in [2.05, 4.69) is 38.2 Å². The minimum absolute atomic E-state index is 0.0531. The molecular weight excluding hydrogens is 573 g/mol. The molecule has 0 saturated heterocycles. The Labute approximate surface area is 215 Å². The van der Waals surface area contributed by atoms with Gasteiger partial charge in [0.15, 0.2) is 0 Å². The summed E-state index contributed by atoms with van der Waals surface area (Å²) in [5, 5.41) is 5.58. The minimum Gasteiger partial charge on any atom is -0.336 e. The minimum atomic E-state index is -4.77. The number of aryl methyl sites for hydroxylation is 1. The van der Waals surface area contributed by atoms with Crippen molar-refractivity contribution in [1.29, 1.82) is 0 Å². The van der Waals surface area contributed by atoms with E-state index in [4.69, 9.17) is 0 Å². The molecule has 186 valence electrons. The molecule has 2 aromatic carbocycles. The maximum atomic E-state index is 14.6. The number of amides is 2. The maximum absolute atomic E-state index is 14.6. The molecule has 3 aromatic rings. The number of hydrogen-bond acceptors (Lipinski definition) is 2. The molecule has 2 amide bonds. The van der Waals surface area contributed by atoms with E-state index in [-0.39, 0.29) is 18.0 Å². The van der Waals surface area contributed by atoms with Gasteiger partial charge in [-0.1, -0.05) is 58.5 Å². The number of halogens is 5.